The van der Waals surface area contributed by atoms with Crippen molar-refractivity contribution in [2.75, 3.05) is 6.54 Å². The average molecular weight is 815 g/mol. The Labute approximate surface area is 337 Å². The normalized spacial score (nSPS) is 12.1. The number of guanidine groups is 1. The van der Waals surface area contributed by atoms with Crippen molar-refractivity contribution >= 4 is 53.8 Å². The molecule has 318 valence electrons. The van der Waals surface area contributed by atoms with Crippen LogP contribution in [0, 0.1) is 0 Å². The molecular formula is C40H54N4O14. The molecule has 18 heteroatoms. The van der Waals surface area contributed by atoms with Crippen LogP contribution in [0.25, 0.3) is 0 Å². The maximum absolute atomic E-state index is 13.2. The molecule has 0 saturated heterocycles. The van der Waals surface area contributed by atoms with E-state index in [9.17, 15) is 38.7 Å². The zero-order valence-corrected chi connectivity index (χ0v) is 35.0. The van der Waals surface area contributed by atoms with Gasteiger partial charge in [-0.2, -0.15) is 0 Å². The van der Waals surface area contributed by atoms with Gasteiger partial charge in [-0.05, 0) is 125 Å². The molecule has 0 heterocycles. The van der Waals surface area contributed by atoms with Gasteiger partial charge in [0.15, 0.2) is 0 Å². The molecule has 18 nitrogen and oxygen atoms in total. The van der Waals surface area contributed by atoms with Crippen molar-refractivity contribution in [3.8, 4) is 5.75 Å². The van der Waals surface area contributed by atoms with Crippen molar-refractivity contribution < 1.29 is 67.1 Å². The van der Waals surface area contributed by atoms with Crippen molar-refractivity contribution in [1.29, 1.82) is 0 Å². The number of carboxylic acid groups (broad SMARTS) is 1. The van der Waals surface area contributed by atoms with Crippen molar-refractivity contribution in [3.63, 3.8) is 0 Å². The van der Waals surface area contributed by atoms with E-state index < -0.39 is 83.6 Å². The number of carbonyl (C=O) groups excluding carboxylic acids is 6. The van der Waals surface area contributed by atoms with Crippen LogP contribution in [-0.2, 0) is 44.7 Å². The minimum Gasteiger partial charge on any atom is -0.480 e. The molecule has 0 radical (unpaired) electrons. The van der Waals surface area contributed by atoms with Crippen molar-refractivity contribution in [2.24, 2.45) is 4.99 Å². The van der Waals surface area contributed by atoms with E-state index in [1.165, 1.54) is 48.5 Å². The number of benzene rings is 2. The Balaban J connectivity index is 2.17. The number of hydrogen-bond acceptors (Lipinski definition) is 14. The van der Waals surface area contributed by atoms with Gasteiger partial charge in [-0.1, -0.05) is 12.1 Å². The third kappa shape index (κ3) is 19.1. The molecule has 3 amide bonds. The summed E-state index contributed by atoms with van der Waals surface area (Å²) in [6, 6.07) is 9.70. The van der Waals surface area contributed by atoms with E-state index in [2.05, 4.69) is 15.6 Å². The third-order valence-electron chi connectivity index (χ3n) is 6.47. The van der Waals surface area contributed by atoms with Crippen LogP contribution in [0.3, 0.4) is 0 Å². The topological polar surface area (TPSA) is 235 Å². The summed E-state index contributed by atoms with van der Waals surface area (Å²) in [5.74, 6) is -4.31. The zero-order chi connectivity index (χ0) is 44.2. The Kier molecular flexibility index (Phi) is 16.4. The number of amides is 3. The first-order valence-electron chi connectivity index (χ1n) is 18.1. The molecule has 0 unspecified atom stereocenters. The lowest BCUT2D eigenvalue weighted by Crippen LogP contribution is -2.50. The molecule has 0 bridgehead atoms. The number of nitrogens with one attached hydrogen (secondary N) is 2. The van der Waals surface area contributed by atoms with Gasteiger partial charge >= 0.3 is 42.2 Å². The molecule has 58 heavy (non-hydrogen) atoms. The molecular weight excluding hydrogens is 760 g/mol. The number of alkyl carbamates (subject to hydrolysis) is 2. The molecule has 2 rings (SSSR count). The molecule has 0 aliphatic carbocycles. The van der Waals surface area contributed by atoms with Gasteiger partial charge in [0, 0.05) is 0 Å². The molecule has 0 aliphatic heterocycles. The van der Waals surface area contributed by atoms with Crippen LogP contribution in [-0.4, -0.2) is 93.1 Å². The van der Waals surface area contributed by atoms with Crippen LogP contribution >= 0.6 is 0 Å². The van der Waals surface area contributed by atoms with E-state index in [0.29, 0.717) is 10.5 Å². The van der Waals surface area contributed by atoms with Crippen LogP contribution < -0.4 is 15.4 Å². The van der Waals surface area contributed by atoms with Gasteiger partial charge in [-0.15, -0.1) is 0 Å². The lowest BCUT2D eigenvalue weighted by molar-refractivity contribution is -0.163. The fraction of sp³-hybridized carbons (Fsp3) is 0.500. The molecule has 0 aromatic heterocycles. The molecule has 0 saturated carbocycles. The van der Waals surface area contributed by atoms with Gasteiger partial charge in [0.1, 0.15) is 47.3 Å². The van der Waals surface area contributed by atoms with Crippen LogP contribution in [0.4, 0.5) is 20.1 Å². The average Bonchev–Trinajstić information content (AvgIpc) is 3.02. The first-order valence-corrected chi connectivity index (χ1v) is 18.1. The van der Waals surface area contributed by atoms with E-state index in [4.69, 9.17) is 28.4 Å². The van der Waals surface area contributed by atoms with Gasteiger partial charge in [-0.25, -0.2) is 29.0 Å². The highest BCUT2D eigenvalue weighted by Crippen LogP contribution is 2.20. The number of carbonyl (C=O) groups is 7. The fourth-order valence-corrected chi connectivity index (χ4v) is 4.42. The lowest BCUT2D eigenvalue weighted by atomic mass is 10.1. The molecule has 2 aromatic carbocycles. The molecule has 0 spiro atoms. The highest BCUT2D eigenvalue weighted by Gasteiger charge is 2.37. The predicted molar refractivity (Wildman–Crippen MR) is 208 cm³/mol. The summed E-state index contributed by atoms with van der Waals surface area (Å²) in [5.41, 5.74) is -2.78. The Morgan fingerprint density at radius 3 is 1.57 bits per heavy atom. The fourth-order valence-electron chi connectivity index (χ4n) is 4.42. The van der Waals surface area contributed by atoms with Gasteiger partial charge in [0.2, 0.25) is 5.96 Å². The quantitative estimate of drug-likeness (QED) is 0.0732. The Bertz CT molecular complexity index is 1800. The summed E-state index contributed by atoms with van der Waals surface area (Å²) in [7, 11) is 0. The van der Waals surface area contributed by atoms with E-state index in [0.717, 1.165) is 0 Å². The monoisotopic (exact) mass is 814 g/mol. The highest BCUT2D eigenvalue weighted by atomic mass is 16.6. The maximum Gasteiger partial charge on any atom is 0.414 e. The van der Waals surface area contributed by atoms with Crippen molar-refractivity contribution in [3.05, 3.63) is 59.7 Å². The standard InChI is InChI=1S/C40H54N4O14/c1-37(2,3)55-29(45)21-28(31(47)48)44(22-30(46)56-38(4,5)6)36(52)53-23-24-13-19-27(20-14-24)54-32(49)25-15-17-26(18-16-25)41-33(42-34(50)57-39(7,8)9)43-35(51)58-40(10,11)12/h13-20,28H,21-23H2,1-12H3,(H,47,48)(H2,41,42,43,50,51)/t28-/m0/s1. The number of carboxylic acids is 1. The van der Waals surface area contributed by atoms with E-state index in [1.807, 2.05) is 0 Å². The molecule has 3 N–H and O–H groups in total. The largest absolute Gasteiger partial charge is 0.480 e. The summed E-state index contributed by atoms with van der Waals surface area (Å²) >= 11 is 0. The van der Waals surface area contributed by atoms with Gasteiger partial charge in [0.05, 0.1) is 17.7 Å². The second-order valence-electron chi connectivity index (χ2n) is 16.7. The Morgan fingerprint density at radius 2 is 1.12 bits per heavy atom. The van der Waals surface area contributed by atoms with Crippen LogP contribution in [0.5, 0.6) is 5.75 Å². The smallest absolute Gasteiger partial charge is 0.414 e. The van der Waals surface area contributed by atoms with E-state index >= 15 is 0 Å². The summed E-state index contributed by atoms with van der Waals surface area (Å²) in [5, 5.41) is 14.7. The Morgan fingerprint density at radius 1 is 0.655 bits per heavy atom. The lowest BCUT2D eigenvalue weighted by Gasteiger charge is -2.29. The minimum atomic E-state index is -1.82. The summed E-state index contributed by atoms with van der Waals surface area (Å²) in [6.45, 7) is 18.3. The van der Waals surface area contributed by atoms with E-state index in [-0.39, 0.29) is 29.6 Å². The second kappa shape index (κ2) is 19.8. The minimum absolute atomic E-state index is 0.127. The highest BCUT2D eigenvalue weighted by molar-refractivity contribution is 6.02. The SMILES string of the molecule is CC(C)(C)OC(=O)C[C@@H](C(=O)O)N(CC(=O)OC(C)(C)C)C(=O)OCc1ccc(OC(=O)c2ccc(N=C(NC(=O)OC(C)(C)C)NC(=O)OC(C)(C)C)cc2)cc1. The number of hydrogen-bond donors (Lipinski definition) is 3. The maximum atomic E-state index is 13.2. The number of esters is 3. The third-order valence-corrected chi connectivity index (χ3v) is 6.47. The Hall–Kier alpha value is -6.20. The van der Waals surface area contributed by atoms with E-state index in [1.54, 1.807) is 83.1 Å². The molecule has 1 atom stereocenters. The summed E-state index contributed by atoms with van der Waals surface area (Å²) in [4.78, 5) is 93.2. The van der Waals surface area contributed by atoms with Crippen molar-refractivity contribution in [1.82, 2.24) is 15.5 Å². The van der Waals surface area contributed by atoms with Gasteiger partial charge in [-0.3, -0.25) is 25.1 Å². The number of aliphatic imine (C=N–C) groups is 1. The van der Waals surface area contributed by atoms with Gasteiger partial charge in [0.25, 0.3) is 0 Å². The summed E-state index contributed by atoms with van der Waals surface area (Å²) in [6.07, 6.45) is -3.74. The number of nitrogens with zero attached hydrogens (tertiary/aromatic N) is 2. The molecule has 0 fully saturated rings. The first kappa shape index (κ1) is 48.0. The molecule has 2 aromatic rings. The number of rotatable bonds is 11. The second-order valence-corrected chi connectivity index (χ2v) is 16.7. The first-order chi connectivity index (χ1) is 26.5. The van der Waals surface area contributed by atoms with Crippen molar-refractivity contribution in [2.45, 2.75) is 125 Å². The summed E-state index contributed by atoms with van der Waals surface area (Å²) < 4.78 is 31.8. The predicted octanol–water partition coefficient (Wildman–Crippen LogP) is 6.41. The molecule has 0 aliphatic rings. The number of aliphatic carboxylic acids is 1. The zero-order valence-electron chi connectivity index (χ0n) is 35.0. The van der Waals surface area contributed by atoms with Crippen LogP contribution in [0.15, 0.2) is 53.5 Å². The van der Waals surface area contributed by atoms with Gasteiger partial charge < -0.3 is 33.5 Å². The number of ether oxygens (including phenoxy) is 6. The van der Waals surface area contributed by atoms with Crippen LogP contribution in [0.2, 0.25) is 0 Å². The van der Waals surface area contributed by atoms with Crippen LogP contribution in [0.1, 0.15) is 105 Å².